The van der Waals surface area contributed by atoms with E-state index in [0.29, 0.717) is 24.7 Å². The van der Waals surface area contributed by atoms with Gasteiger partial charge in [-0.05, 0) is 48.7 Å². The van der Waals surface area contributed by atoms with Crippen LogP contribution in [0.3, 0.4) is 0 Å². The van der Waals surface area contributed by atoms with Crippen molar-refractivity contribution >= 4 is 34.0 Å². The first kappa shape index (κ1) is 18.9. The summed E-state index contributed by atoms with van der Waals surface area (Å²) >= 11 is 1.35. The van der Waals surface area contributed by atoms with Crippen molar-refractivity contribution < 1.29 is 23.5 Å². The van der Waals surface area contributed by atoms with Gasteiger partial charge in [0.2, 0.25) is 0 Å². The van der Waals surface area contributed by atoms with Gasteiger partial charge in [0.1, 0.15) is 11.1 Å². The number of fused-ring (bicyclic) bond motifs is 1. The van der Waals surface area contributed by atoms with Crippen molar-refractivity contribution in [2.45, 2.75) is 19.4 Å². The Balaban J connectivity index is 1.63. The number of ether oxygens (including phenoxy) is 2. The van der Waals surface area contributed by atoms with Crippen LogP contribution in [0.1, 0.15) is 20.1 Å². The number of benzene rings is 1. The molecule has 1 aromatic carbocycles. The summed E-state index contributed by atoms with van der Waals surface area (Å²) in [5, 5.41) is 3.80. The van der Waals surface area contributed by atoms with Gasteiger partial charge in [0.05, 0.1) is 31.0 Å². The van der Waals surface area contributed by atoms with Crippen LogP contribution in [0.25, 0.3) is 22.1 Å². The van der Waals surface area contributed by atoms with E-state index in [2.05, 4.69) is 5.32 Å². The number of hydrogen-bond acceptors (Lipinski definition) is 6. The van der Waals surface area contributed by atoms with Crippen molar-refractivity contribution in [1.82, 2.24) is 5.32 Å². The number of amides is 1. The van der Waals surface area contributed by atoms with E-state index in [1.165, 1.54) is 11.3 Å². The molecule has 28 heavy (non-hydrogen) atoms. The molecule has 1 aliphatic rings. The number of hydrogen-bond donors (Lipinski definition) is 1. The third kappa shape index (κ3) is 3.15. The second kappa shape index (κ2) is 7.16. The zero-order chi connectivity index (χ0) is 19.9. The Labute approximate surface area is 166 Å². The van der Waals surface area contributed by atoms with Crippen LogP contribution in [0, 0.1) is 13.8 Å². The molecule has 1 fully saturated rings. The summed E-state index contributed by atoms with van der Waals surface area (Å²) in [6.07, 6.45) is 1.65. The average Bonchev–Trinajstić information content (AvgIpc) is 3.22. The molecule has 4 rings (SSSR count). The van der Waals surface area contributed by atoms with Crippen molar-refractivity contribution in [3.63, 3.8) is 0 Å². The first-order valence-corrected chi connectivity index (χ1v) is 9.77. The van der Waals surface area contributed by atoms with Crippen molar-refractivity contribution in [1.29, 1.82) is 0 Å². The zero-order valence-corrected chi connectivity index (χ0v) is 16.8. The Kier molecular flexibility index (Phi) is 4.82. The van der Waals surface area contributed by atoms with Gasteiger partial charge in [-0.2, -0.15) is 0 Å². The number of carbonyl (C=O) groups is 2. The maximum Gasteiger partial charge on any atom is 0.293 e. The molecule has 1 amide bonds. The number of rotatable bonds is 6. The van der Waals surface area contributed by atoms with Crippen LogP contribution in [0.15, 0.2) is 34.9 Å². The molecule has 0 spiro atoms. The number of thiophene rings is 1. The molecule has 0 unspecified atom stereocenters. The molecule has 0 bridgehead atoms. The second-order valence-corrected chi connectivity index (χ2v) is 8.37. The molecule has 0 saturated carbocycles. The van der Waals surface area contributed by atoms with Crippen LogP contribution in [-0.2, 0) is 14.3 Å². The van der Waals surface area contributed by atoms with Crippen LogP contribution in [-0.4, -0.2) is 44.2 Å². The normalized spacial score (nSPS) is 15.4. The third-order valence-corrected chi connectivity index (χ3v) is 6.24. The van der Waals surface area contributed by atoms with Gasteiger partial charge in [-0.15, -0.1) is 11.3 Å². The van der Waals surface area contributed by atoms with Crippen LogP contribution in [0.5, 0.6) is 0 Å². The largest absolute Gasteiger partial charge is 0.464 e. The molecule has 2 aromatic heterocycles. The summed E-state index contributed by atoms with van der Waals surface area (Å²) in [6, 6.07) is 7.84. The fraction of sp³-hybridized carbons (Fsp3) is 0.333. The average molecular weight is 399 g/mol. The minimum Gasteiger partial charge on any atom is -0.464 e. The summed E-state index contributed by atoms with van der Waals surface area (Å²) in [7, 11) is 1.56. The molecule has 6 nitrogen and oxygen atoms in total. The number of aryl methyl sites for hydroxylation is 1. The summed E-state index contributed by atoms with van der Waals surface area (Å²) in [5.41, 5.74) is 3.01. The number of ketones is 1. The van der Waals surface area contributed by atoms with E-state index in [4.69, 9.17) is 13.9 Å². The predicted molar refractivity (Wildman–Crippen MR) is 107 cm³/mol. The van der Waals surface area contributed by atoms with Gasteiger partial charge in [0.25, 0.3) is 11.7 Å². The van der Waals surface area contributed by atoms with Crippen molar-refractivity contribution in [3.05, 3.63) is 45.8 Å². The monoisotopic (exact) mass is 399 g/mol. The topological polar surface area (TPSA) is 77.8 Å². The second-order valence-electron chi connectivity index (χ2n) is 7.15. The lowest BCUT2D eigenvalue weighted by Crippen LogP contribution is -2.65. The number of furan rings is 1. The Morgan fingerprint density at radius 1 is 1.25 bits per heavy atom. The molecule has 7 heteroatoms. The number of Topliss-reactive ketones (excluding diaryl/α,β-unsaturated/α-hetero) is 1. The van der Waals surface area contributed by atoms with Crippen LogP contribution in [0.2, 0.25) is 0 Å². The Morgan fingerprint density at radius 2 is 2.04 bits per heavy atom. The lowest BCUT2D eigenvalue weighted by molar-refractivity contribution is -0.135. The molecular formula is C21H21NO5S. The van der Waals surface area contributed by atoms with Gasteiger partial charge in [-0.25, -0.2) is 0 Å². The van der Waals surface area contributed by atoms with E-state index in [-0.39, 0.29) is 0 Å². The van der Waals surface area contributed by atoms with Crippen LogP contribution < -0.4 is 5.32 Å². The Morgan fingerprint density at radius 3 is 2.71 bits per heavy atom. The number of nitrogens with one attached hydrogen (secondary N) is 1. The lowest BCUT2D eigenvalue weighted by atomic mass is 9.97. The van der Waals surface area contributed by atoms with Crippen LogP contribution in [0.4, 0.5) is 0 Å². The van der Waals surface area contributed by atoms with Gasteiger partial charge in [-0.3, -0.25) is 9.59 Å². The minimum atomic E-state index is -0.624. The highest BCUT2D eigenvalue weighted by Gasteiger charge is 2.42. The highest BCUT2D eigenvalue weighted by atomic mass is 32.1. The SMILES string of the molecule is COCC1(NC(=O)C(=O)c2sc(C)c(-c3ccc4occc4c3)c2C)COC1. The molecule has 146 valence electrons. The van der Waals surface area contributed by atoms with Gasteiger partial charge in [0, 0.05) is 17.4 Å². The molecular weight excluding hydrogens is 378 g/mol. The minimum absolute atomic E-state index is 0.310. The molecule has 1 aliphatic heterocycles. The molecule has 1 N–H and O–H groups in total. The Hall–Kier alpha value is -2.48. The van der Waals surface area contributed by atoms with E-state index in [0.717, 1.165) is 32.5 Å². The summed E-state index contributed by atoms with van der Waals surface area (Å²) < 4.78 is 15.8. The lowest BCUT2D eigenvalue weighted by Gasteiger charge is -2.41. The van der Waals surface area contributed by atoms with E-state index in [1.54, 1.807) is 13.4 Å². The predicted octanol–water partition coefficient (Wildman–Crippen LogP) is 3.49. The molecule has 0 aliphatic carbocycles. The highest BCUT2D eigenvalue weighted by molar-refractivity contribution is 7.15. The maximum atomic E-state index is 12.9. The van der Waals surface area contributed by atoms with Crippen molar-refractivity contribution in [3.8, 4) is 11.1 Å². The van der Waals surface area contributed by atoms with Crippen molar-refractivity contribution in [2.75, 3.05) is 26.9 Å². The smallest absolute Gasteiger partial charge is 0.293 e. The van der Waals surface area contributed by atoms with Gasteiger partial charge < -0.3 is 19.2 Å². The van der Waals surface area contributed by atoms with Crippen molar-refractivity contribution in [2.24, 2.45) is 0 Å². The maximum absolute atomic E-state index is 12.9. The molecule has 1 saturated heterocycles. The number of carbonyl (C=O) groups excluding carboxylic acids is 2. The summed E-state index contributed by atoms with van der Waals surface area (Å²) in [4.78, 5) is 26.9. The molecule has 3 aromatic rings. The summed E-state index contributed by atoms with van der Waals surface area (Å²) in [6.45, 7) is 4.85. The Bertz CT molecular complexity index is 1060. The number of methoxy groups -OCH3 is 1. The van der Waals surface area contributed by atoms with Gasteiger partial charge >= 0.3 is 0 Å². The zero-order valence-electron chi connectivity index (χ0n) is 16.0. The van der Waals surface area contributed by atoms with Gasteiger partial charge in [-0.1, -0.05) is 6.07 Å². The van der Waals surface area contributed by atoms with E-state index in [9.17, 15) is 9.59 Å². The van der Waals surface area contributed by atoms with Gasteiger partial charge in [0.15, 0.2) is 0 Å². The van der Waals surface area contributed by atoms with E-state index >= 15 is 0 Å². The first-order valence-electron chi connectivity index (χ1n) is 8.95. The van der Waals surface area contributed by atoms with E-state index in [1.807, 2.05) is 38.1 Å². The fourth-order valence-corrected chi connectivity index (χ4v) is 4.75. The third-order valence-electron chi connectivity index (χ3n) is 5.03. The molecule has 0 atom stereocenters. The molecule has 3 heterocycles. The quantitative estimate of drug-likeness (QED) is 0.507. The standard InChI is InChI=1S/C21H21NO5S/c1-12-17(15-4-5-16-14(8-15)6-7-27-16)13(2)28-19(12)18(23)20(24)22-21(9-25-3)10-26-11-21/h4-8H,9-11H2,1-3H3,(H,22,24). The highest BCUT2D eigenvalue weighted by Crippen LogP contribution is 2.37. The summed E-state index contributed by atoms with van der Waals surface area (Å²) in [5.74, 6) is -1.15. The molecule has 0 radical (unpaired) electrons. The van der Waals surface area contributed by atoms with E-state index < -0.39 is 17.2 Å². The first-order chi connectivity index (χ1) is 13.4. The fourth-order valence-electron chi connectivity index (χ4n) is 3.63. The van der Waals surface area contributed by atoms with Crippen LogP contribution >= 0.6 is 11.3 Å².